The average molecular weight is 278 g/mol. The van der Waals surface area contributed by atoms with Crippen LogP contribution in [0.4, 0.5) is 0 Å². The van der Waals surface area contributed by atoms with Crippen molar-refractivity contribution >= 4 is 22.6 Å². The van der Waals surface area contributed by atoms with Crippen molar-refractivity contribution in [3.63, 3.8) is 0 Å². The number of aryl methyl sites for hydroxylation is 1. The fourth-order valence-corrected chi connectivity index (χ4v) is 3.03. The number of hydrogen-bond donors (Lipinski definition) is 0. The largest absolute Gasteiger partial charge is 0.325 e. The van der Waals surface area contributed by atoms with E-state index in [1.807, 2.05) is 12.4 Å². The van der Waals surface area contributed by atoms with Gasteiger partial charge in [-0.1, -0.05) is 19.8 Å². The number of rotatable bonds is 6. The summed E-state index contributed by atoms with van der Waals surface area (Å²) in [6.07, 6.45) is 9.77. The summed E-state index contributed by atoms with van der Waals surface area (Å²) in [4.78, 5) is 8.89. The number of imidazole rings is 1. The topological polar surface area (TPSA) is 30.7 Å². The molecule has 1 aliphatic rings. The third kappa shape index (κ3) is 2.62. The normalized spacial score (nSPS) is 16.9. The summed E-state index contributed by atoms with van der Waals surface area (Å²) >= 11 is 5.93. The highest BCUT2D eigenvalue weighted by atomic mass is 35.5. The smallest absolute Gasteiger partial charge is 0.111 e. The van der Waals surface area contributed by atoms with E-state index in [0.717, 1.165) is 30.1 Å². The molecule has 1 aliphatic carbocycles. The van der Waals surface area contributed by atoms with Crippen LogP contribution in [0.25, 0.3) is 11.0 Å². The van der Waals surface area contributed by atoms with Crippen molar-refractivity contribution in [2.45, 2.75) is 45.1 Å². The Morgan fingerprint density at radius 1 is 1.47 bits per heavy atom. The van der Waals surface area contributed by atoms with Crippen molar-refractivity contribution in [3.05, 3.63) is 24.3 Å². The highest BCUT2D eigenvalue weighted by molar-refractivity contribution is 6.17. The number of aromatic nitrogens is 3. The molecule has 4 heteroatoms. The maximum absolute atomic E-state index is 5.93. The molecule has 0 radical (unpaired) electrons. The molecule has 3 rings (SSSR count). The van der Waals surface area contributed by atoms with E-state index < -0.39 is 0 Å². The van der Waals surface area contributed by atoms with Gasteiger partial charge in [0.25, 0.3) is 0 Å². The Hall–Kier alpha value is -1.09. The average Bonchev–Trinajstić information content (AvgIpc) is 3.17. The Morgan fingerprint density at radius 3 is 3.00 bits per heavy atom. The fraction of sp³-hybridized carbons (Fsp3) is 0.600. The Labute approximate surface area is 119 Å². The first-order chi connectivity index (χ1) is 9.33. The van der Waals surface area contributed by atoms with Crippen LogP contribution in [0.5, 0.6) is 0 Å². The minimum absolute atomic E-state index is 0.554. The number of alkyl halides is 1. The lowest BCUT2D eigenvalue weighted by molar-refractivity contribution is 0.427. The second-order valence-electron chi connectivity index (χ2n) is 5.44. The molecule has 2 aromatic heterocycles. The molecule has 0 aromatic carbocycles. The standard InChI is InChI=1S/C15H20ClN3/c1-2-12(9-11-3-4-11)19-14-6-8-17-10-13(14)18-15(19)5-7-16/h6,8,10-12H,2-5,7,9H2,1H3. The minimum Gasteiger partial charge on any atom is -0.325 e. The van der Waals surface area contributed by atoms with Gasteiger partial charge in [0.15, 0.2) is 0 Å². The van der Waals surface area contributed by atoms with Gasteiger partial charge in [0.1, 0.15) is 11.3 Å². The van der Waals surface area contributed by atoms with Crippen LogP contribution in [0.2, 0.25) is 0 Å². The first-order valence-corrected chi connectivity index (χ1v) is 7.73. The minimum atomic E-state index is 0.554. The van der Waals surface area contributed by atoms with Crippen molar-refractivity contribution in [1.29, 1.82) is 0 Å². The fourth-order valence-electron chi connectivity index (χ4n) is 2.86. The summed E-state index contributed by atoms with van der Waals surface area (Å²) in [5.74, 6) is 2.66. The van der Waals surface area contributed by atoms with Crippen LogP contribution in [-0.2, 0) is 6.42 Å². The van der Waals surface area contributed by atoms with E-state index in [4.69, 9.17) is 16.6 Å². The molecule has 0 bridgehead atoms. The van der Waals surface area contributed by atoms with Gasteiger partial charge in [-0.2, -0.15) is 0 Å². The van der Waals surface area contributed by atoms with Crippen LogP contribution in [0.1, 0.15) is 44.5 Å². The van der Waals surface area contributed by atoms with E-state index in [1.165, 1.54) is 24.8 Å². The van der Waals surface area contributed by atoms with E-state index in [1.54, 1.807) is 0 Å². The maximum Gasteiger partial charge on any atom is 0.111 e. The zero-order chi connectivity index (χ0) is 13.2. The van der Waals surface area contributed by atoms with Gasteiger partial charge in [-0.3, -0.25) is 4.98 Å². The van der Waals surface area contributed by atoms with Gasteiger partial charge in [-0.25, -0.2) is 4.98 Å². The summed E-state index contributed by atoms with van der Waals surface area (Å²) in [6, 6.07) is 2.63. The molecule has 102 valence electrons. The van der Waals surface area contributed by atoms with Gasteiger partial charge in [-0.05, 0) is 24.8 Å². The Kier molecular flexibility index (Phi) is 3.74. The Bertz CT molecular complexity index is 560. The summed E-state index contributed by atoms with van der Waals surface area (Å²) in [5.41, 5.74) is 2.21. The van der Waals surface area contributed by atoms with Gasteiger partial charge in [0.2, 0.25) is 0 Å². The molecule has 1 unspecified atom stereocenters. The van der Waals surface area contributed by atoms with Crippen molar-refractivity contribution < 1.29 is 0 Å². The Morgan fingerprint density at radius 2 is 2.32 bits per heavy atom. The van der Waals surface area contributed by atoms with Crippen LogP contribution >= 0.6 is 11.6 Å². The molecule has 2 aromatic rings. The summed E-state index contributed by atoms with van der Waals surface area (Å²) in [6.45, 7) is 2.27. The van der Waals surface area contributed by atoms with Gasteiger partial charge >= 0.3 is 0 Å². The Balaban J connectivity index is 2.03. The molecular formula is C15H20ClN3. The van der Waals surface area contributed by atoms with Crippen LogP contribution < -0.4 is 0 Å². The molecule has 2 heterocycles. The van der Waals surface area contributed by atoms with Crippen LogP contribution in [0.15, 0.2) is 18.5 Å². The zero-order valence-corrected chi connectivity index (χ0v) is 12.1. The molecule has 19 heavy (non-hydrogen) atoms. The first-order valence-electron chi connectivity index (χ1n) is 7.20. The van der Waals surface area contributed by atoms with E-state index in [-0.39, 0.29) is 0 Å². The van der Waals surface area contributed by atoms with Crippen molar-refractivity contribution in [2.24, 2.45) is 5.92 Å². The number of nitrogens with zero attached hydrogens (tertiary/aromatic N) is 3. The third-order valence-corrected chi connectivity index (χ3v) is 4.21. The molecule has 1 atom stereocenters. The highest BCUT2D eigenvalue weighted by Gasteiger charge is 2.27. The summed E-state index contributed by atoms with van der Waals surface area (Å²) in [5, 5.41) is 0. The lowest BCUT2D eigenvalue weighted by Gasteiger charge is -2.20. The quantitative estimate of drug-likeness (QED) is 0.748. The van der Waals surface area contributed by atoms with E-state index in [0.29, 0.717) is 11.9 Å². The second-order valence-corrected chi connectivity index (χ2v) is 5.82. The van der Waals surface area contributed by atoms with Crippen LogP contribution in [0.3, 0.4) is 0 Å². The predicted molar refractivity (Wildman–Crippen MR) is 78.6 cm³/mol. The van der Waals surface area contributed by atoms with Crippen molar-refractivity contribution in [3.8, 4) is 0 Å². The molecule has 3 nitrogen and oxygen atoms in total. The maximum atomic E-state index is 5.93. The first kappa shape index (κ1) is 12.9. The van der Waals surface area contributed by atoms with Gasteiger partial charge in [0.05, 0.1) is 11.7 Å². The summed E-state index contributed by atoms with van der Waals surface area (Å²) in [7, 11) is 0. The van der Waals surface area contributed by atoms with Crippen LogP contribution in [-0.4, -0.2) is 20.4 Å². The second kappa shape index (κ2) is 5.49. The number of hydrogen-bond acceptors (Lipinski definition) is 2. The molecule has 0 aliphatic heterocycles. The molecule has 0 saturated heterocycles. The third-order valence-electron chi connectivity index (χ3n) is 4.02. The highest BCUT2D eigenvalue weighted by Crippen LogP contribution is 2.39. The monoisotopic (exact) mass is 277 g/mol. The number of pyridine rings is 1. The van der Waals surface area contributed by atoms with Gasteiger partial charge in [0, 0.05) is 24.5 Å². The lowest BCUT2D eigenvalue weighted by atomic mass is 10.1. The number of fused-ring (bicyclic) bond motifs is 1. The molecule has 0 N–H and O–H groups in total. The van der Waals surface area contributed by atoms with Gasteiger partial charge in [-0.15, -0.1) is 11.6 Å². The number of halogens is 1. The summed E-state index contributed by atoms with van der Waals surface area (Å²) < 4.78 is 2.41. The molecule has 1 fully saturated rings. The molecule has 0 amide bonds. The zero-order valence-electron chi connectivity index (χ0n) is 11.3. The van der Waals surface area contributed by atoms with E-state index >= 15 is 0 Å². The van der Waals surface area contributed by atoms with Crippen molar-refractivity contribution in [1.82, 2.24) is 14.5 Å². The molecule has 1 saturated carbocycles. The van der Waals surface area contributed by atoms with Crippen LogP contribution in [0, 0.1) is 5.92 Å². The van der Waals surface area contributed by atoms with E-state index in [2.05, 4.69) is 22.5 Å². The van der Waals surface area contributed by atoms with E-state index in [9.17, 15) is 0 Å². The van der Waals surface area contributed by atoms with Crippen molar-refractivity contribution in [2.75, 3.05) is 5.88 Å². The predicted octanol–water partition coefficient (Wildman–Crippen LogP) is 3.96. The molecule has 0 spiro atoms. The SMILES string of the molecule is CCC(CC1CC1)n1c(CCCl)nc2cnccc21. The molecular weight excluding hydrogens is 258 g/mol. The lowest BCUT2D eigenvalue weighted by Crippen LogP contribution is -2.13. The van der Waals surface area contributed by atoms with Gasteiger partial charge < -0.3 is 4.57 Å².